The fraction of sp³-hybridized carbons (Fsp3) is 0.136. The van der Waals surface area contributed by atoms with Crippen LogP contribution in [0.25, 0.3) is 0 Å². The molecule has 0 aliphatic carbocycles. The zero-order chi connectivity index (χ0) is 18.9. The van der Waals surface area contributed by atoms with Crippen LogP contribution in [0, 0.1) is 0 Å². The van der Waals surface area contributed by atoms with Gasteiger partial charge in [0.2, 0.25) is 5.91 Å². The van der Waals surface area contributed by atoms with Gasteiger partial charge < -0.3 is 14.8 Å². The third-order valence-corrected chi connectivity index (χ3v) is 4.63. The Kier molecular flexibility index (Phi) is 6.77. The van der Waals surface area contributed by atoms with Crippen molar-refractivity contribution in [2.75, 3.05) is 17.7 Å². The van der Waals surface area contributed by atoms with Crippen molar-refractivity contribution in [3.8, 4) is 17.2 Å². The van der Waals surface area contributed by atoms with Gasteiger partial charge in [-0.15, -0.1) is 11.8 Å². The summed E-state index contributed by atoms with van der Waals surface area (Å²) in [5.74, 6) is 2.58. The molecule has 5 heteroatoms. The first kappa shape index (κ1) is 18.9. The van der Waals surface area contributed by atoms with E-state index in [4.69, 9.17) is 9.47 Å². The van der Waals surface area contributed by atoms with Gasteiger partial charge in [0, 0.05) is 10.6 Å². The van der Waals surface area contributed by atoms with Gasteiger partial charge in [-0.05, 0) is 67.6 Å². The maximum Gasteiger partial charge on any atom is 0.234 e. The van der Waals surface area contributed by atoms with Crippen molar-refractivity contribution >= 4 is 23.4 Å². The lowest BCUT2D eigenvalue weighted by molar-refractivity contribution is -0.113. The molecule has 138 valence electrons. The van der Waals surface area contributed by atoms with Crippen LogP contribution in [0.1, 0.15) is 6.92 Å². The molecule has 4 nitrogen and oxygen atoms in total. The molecule has 0 saturated carbocycles. The predicted molar refractivity (Wildman–Crippen MR) is 110 cm³/mol. The number of carbonyl (C=O) groups is 1. The lowest BCUT2D eigenvalue weighted by Crippen LogP contribution is -2.13. The molecule has 0 aliphatic rings. The van der Waals surface area contributed by atoms with Crippen molar-refractivity contribution in [2.24, 2.45) is 0 Å². The topological polar surface area (TPSA) is 47.6 Å². The predicted octanol–water partition coefficient (Wildman–Crippen LogP) is 5.61. The number of amides is 1. The summed E-state index contributed by atoms with van der Waals surface area (Å²) < 4.78 is 11.2. The fourth-order valence-corrected chi connectivity index (χ4v) is 3.10. The largest absolute Gasteiger partial charge is 0.494 e. The molecule has 0 aliphatic heterocycles. The molecule has 3 rings (SSSR count). The SMILES string of the molecule is CCOc1ccc(Oc2ccc(NC(=O)CSc3ccccc3)cc2)cc1. The van der Waals surface area contributed by atoms with E-state index in [-0.39, 0.29) is 5.91 Å². The highest BCUT2D eigenvalue weighted by Crippen LogP contribution is 2.25. The summed E-state index contributed by atoms with van der Waals surface area (Å²) in [6.07, 6.45) is 0. The van der Waals surface area contributed by atoms with E-state index in [1.807, 2.05) is 85.8 Å². The van der Waals surface area contributed by atoms with Gasteiger partial charge >= 0.3 is 0 Å². The summed E-state index contributed by atoms with van der Waals surface area (Å²) >= 11 is 1.51. The zero-order valence-electron chi connectivity index (χ0n) is 15.1. The third-order valence-electron chi connectivity index (χ3n) is 3.62. The smallest absolute Gasteiger partial charge is 0.234 e. The minimum Gasteiger partial charge on any atom is -0.494 e. The highest BCUT2D eigenvalue weighted by molar-refractivity contribution is 8.00. The monoisotopic (exact) mass is 379 g/mol. The number of hydrogen-bond donors (Lipinski definition) is 1. The average Bonchev–Trinajstić information content (AvgIpc) is 2.70. The molecule has 3 aromatic rings. The summed E-state index contributed by atoms with van der Waals surface area (Å²) in [5, 5.41) is 2.89. The lowest BCUT2D eigenvalue weighted by atomic mass is 10.3. The Morgan fingerprint density at radius 2 is 1.44 bits per heavy atom. The Morgan fingerprint density at radius 1 is 0.852 bits per heavy atom. The minimum atomic E-state index is -0.0379. The molecule has 0 radical (unpaired) electrons. The molecule has 1 N–H and O–H groups in total. The van der Waals surface area contributed by atoms with Gasteiger partial charge in [0.05, 0.1) is 12.4 Å². The second-order valence-electron chi connectivity index (χ2n) is 5.68. The molecule has 0 saturated heterocycles. The van der Waals surface area contributed by atoms with Gasteiger partial charge in [-0.3, -0.25) is 4.79 Å². The molecule has 3 aromatic carbocycles. The summed E-state index contributed by atoms with van der Waals surface area (Å²) in [5.41, 5.74) is 0.743. The van der Waals surface area contributed by atoms with Crippen LogP contribution in [0.4, 0.5) is 5.69 Å². The Morgan fingerprint density at radius 3 is 2.07 bits per heavy atom. The molecule has 0 heterocycles. The van der Waals surface area contributed by atoms with Crippen LogP contribution in [-0.2, 0) is 4.79 Å². The van der Waals surface area contributed by atoms with Crippen LogP contribution >= 0.6 is 11.8 Å². The summed E-state index contributed by atoms with van der Waals surface area (Å²) in [7, 11) is 0. The maximum absolute atomic E-state index is 12.1. The first-order valence-electron chi connectivity index (χ1n) is 8.71. The maximum atomic E-state index is 12.1. The second-order valence-corrected chi connectivity index (χ2v) is 6.73. The van der Waals surface area contributed by atoms with E-state index in [1.165, 1.54) is 11.8 Å². The van der Waals surface area contributed by atoms with Crippen LogP contribution in [0.15, 0.2) is 83.8 Å². The van der Waals surface area contributed by atoms with Crippen LogP contribution in [0.5, 0.6) is 17.2 Å². The summed E-state index contributed by atoms with van der Waals surface area (Å²) in [6.45, 7) is 2.59. The molecular weight excluding hydrogens is 358 g/mol. The molecule has 27 heavy (non-hydrogen) atoms. The average molecular weight is 379 g/mol. The number of ether oxygens (including phenoxy) is 2. The Labute approximate surface area is 163 Å². The van der Waals surface area contributed by atoms with E-state index in [1.54, 1.807) is 0 Å². The number of thioether (sulfide) groups is 1. The fourth-order valence-electron chi connectivity index (χ4n) is 2.38. The molecular formula is C22H21NO3S. The highest BCUT2D eigenvalue weighted by atomic mass is 32.2. The van der Waals surface area contributed by atoms with Crippen molar-refractivity contribution in [2.45, 2.75) is 11.8 Å². The number of benzene rings is 3. The number of nitrogens with one attached hydrogen (secondary N) is 1. The second kappa shape index (κ2) is 9.69. The van der Waals surface area contributed by atoms with E-state index in [2.05, 4.69) is 5.32 Å². The van der Waals surface area contributed by atoms with Crippen molar-refractivity contribution in [3.05, 3.63) is 78.9 Å². The van der Waals surface area contributed by atoms with Gasteiger partial charge in [0.25, 0.3) is 0 Å². The van der Waals surface area contributed by atoms with E-state index in [0.717, 1.165) is 22.1 Å². The van der Waals surface area contributed by atoms with Gasteiger partial charge in [-0.1, -0.05) is 18.2 Å². The first-order valence-corrected chi connectivity index (χ1v) is 9.70. The van der Waals surface area contributed by atoms with Crippen molar-refractivity contribution in [3.63, 3.8) is 0 Å². The van der Waals surface area contributed by atoms with Gasteiger partial charge in [-0.25, -0.2) is 0 Å². The summed E-state index contributed by atoms with van der Waals surface area (Å²) in [4.78, 5) is 13.1. The number of hydrogen-bond acceptors (Lipinski definition) is 4. The Balaban J connectivity index is 1.50. The Bertz CT molecular complexity index is 849. The van der Waals surface area contributed by atoms with E-state index in [9.17, 15) is 4.79 Å². The van der Waals surface area contributed by atoms with Crippen LogP contribution in [0.2, 0.25) is 0 Å². The van der Waals surface area contributed by atoms with Crippen molar-refractivity contribution < 1.29 is 14.3 Å². The molecule has 0 atom stereocenters. The van der Waals surface area contributed by atoms with Crippen LogP contribution in [-0.4, -0.2) is 18.3 Å². The lowest BCUT2D eigenvalue weighted by Gasteiger charge is -2.09. The van der Waals surface area contributed by atoms with Gasteiger partial charge in [0.1, 0.15) is 17.2 Å². The van der Waals surface area contributed by atoms with E-state index in [0.29, 0.717) is 18.1 Å². The van der Waals surface area contributed by atoms with Crippen molar-refractivity contribution in [1.82, 2.24) is 0 Å². The molecule has 1 amide bonds. The van der Waals surface area contributed by atoms with Gasteiger partial charge in [0.15, 0.2) is 0 Å². The minimum absolute atomic E-state index is 0.0379. The van der Waals surface area contributed by atoms with Crippen LogP contribution < -0.4 is 14.8 Å². The molecule has 0 aromatic heterocycles. The first-order chi connectivity index (χ1) is 13.2. The van der Waals surface area contributed by atoms with Gasteiger partial charge in [-0.2, -0.15) is 0 Å². The molecule has 0 fully saturated rings. The third kappa shape index (κ3) is 6.08. The number of carbonyl (C=O) groups excluding carboxylic acids is 1. The quantitative estimate of drug-likeness (QED) is 0.517. The molecule has 0 unspecified atom stereocenters. The zero-order valence-corrected chi connectivity index (χ0v) is 15.9. The number of rotatable bonds is 8. The van der Waals surface area contributed by atoms with Crippen molar-refractivity contribution in [1.29, 1.82) is 0 Å². The molecule has 0 bridgehead atoms. The number of anilines is 1. The normalized spacial score (nSPS) is 10.3. The van der Waals surface area contributed by atoms with E-state index < -0.39 is 0 Å². The van der Waals surface area contributed by atoms with Crippen LogP contribution in [0.3, 0.4) is 0 Å². The highest BCUT2D eigenvalue weighted by Gasteiger charge is 2.04. The summed E-state index contributed by atoms with van der Waals surface area (Å²) in [6, 6.07) is 24.7. The Hall–Kier alpha value is -2.92. The standard InChI is InChI=1S/C22H21NO3S/c1-2-25-18-12-14-20(15-13-18)26-19-10-8-17(9-11-19)23-22(24)16-27-21-6-4-3-5-7-21/h3-15H,2,16H2,1H3,(H,23,24). The van der Waals surface area contributed by atoms with E-state index >= 15 is 0 Å². The molecule has 0 spiro atoms.